The van der Waals surface area contributed by atoms with Crippen molar-refractivity contribution in [1.29, 1.82) is 0 Å². The number of fused-ring (bicyclic) bond motifs is 7. The molecule has 0 radical (unpaired) electrons. The van der Waals surface area contributed by atoms with Gasteiger partial charge in [-0.15, -0.1) is 0 Å². The molecule has 1 aromatic heterocycles. The molecule has 0 amide bonds. The average molecular weight is 1010 g/mol. The Morgan fingerprint density at radius 1 is 0.418 bits per heavy atom. The third-order valence-corrected chi connectivity index (χ3v) is 15.8. The van der Waals surface area contributed by atoms with E-state index in [1.807, 2.05) is 0 Å². The van der Waals surface area contributed by atoms with Crippen LogP contribution in [-0.2, 0) is 5.41 Å². The zero-order chi connectivity index (χ0) is 53.0. The van der Waals surface area contributed by atoms with Crippen molar-refractivity contribution in [1.82, 2.24) is 0 Å². The first-order chi connectivity index (χ1) is 38.8. The van der Waals surface area contributed by atoms with Crippen LogP contribution in [0.5, 0.6) is 0 Å². The van der Waals surface area contributed by atoms with Gasteiger partial charge in [-0.05, 0) is 152 Å². The van der Waals surface area contributed by atoms with Gasteiger partial charge in [0.05, 0.1) is 16.8 Å². The Morgan fingerprint density at radius 2 is 0.987 bits per heavy atom. The van der Waals surface area contributed by atoms with Crippen LogP contribution >= 0.6 is 0 Å². The van der Waals surface area contributed by atoms with Crippen LogP contribution < -0.4 is 26.0 Å². The van der Waals surface area contributed by atoms with E-state index in [4.69, 9.17) is 4.42 Å². The van der Waals surface area contributed by atoms with Gasteiger partial charge in [-0.2, -0.15) is 0 Å². The van der Waals surface area contributed by atoms with Crippen LogP contribution in [0, 0.1) is 0 Å². The van der Waals surface area contributed by atoms with E-state index in [0.717, 1.165) is 106 Å². The summed E-state index contributed by atoms with van der Waals surface area (Å²) in [5.74, 6) is 0. The predicted octanol–water partition coefficient (Wildman–Crippen LogP) is 19.1. The number of rotatable bonds is 10. The van der Waals surface area contributed by atoms with Crippen molar-refractivity contribution >= 4 is 96.4 Å². The van der Waals surface area contributed by atoms with Gasteiger partial charge in [-0.25, -0.2) is 0 Å². The zero-order valence-electron chi connectivity index (χ0n) is 44.5. The predicted molar refractivity (Wildman–Crippen MR) is 337 cm³/mol. The van der Waals surface area contributed by atoms with Crippen molar-refractivity contribution < 1.29 is 4.42 Å². The Morgan fingerprint density at radius 3 is 1.63 bits per heavy atom. The maximum absolute atomic E-state index is 6.96. The average Bonchev–Trinajstić information content (AvgIpc) is 4.15. The van der Waals surface area contributed by atoms with Crippen LogP contribution in [0.2, 0.25) is 0 Å². The first-order valence-electron chi connectivity index (χ1n) is 27.4. The third-order valence-electron chi connectivity index (χ3n) is 15.8. The molecule has 79 heavy (non-hydrogen) atoms. The lowest BCUT2D eigenvalue weighted by Gasteiger charge is -2.38. The monoisotopic (exact) mass is 1010 g/mol. The number of para-hydroxylation sites is 2. The molecule has 0 saturated heterocycles. The highest BCUT2D eigenvalue weighted by molar-refractivity contribution is 6.74. The quantitative estimate of drug-likeness (QED) is 0.138. The molecule has 1 aliphatic rings. The van der Waals surface area contributed by atoms with Crippen LogP contribution in [0.15, 0.2) is 277 Å². The van der Waals surface area contributed by atoms with Crippen molar-refractivity contribution in [2.24, 2.45) is 0 Å². The second kappa shape index (κ2) is 19.6. The summed E-state index contributed by atoms with van der Waals surface area (Å²) >= 11 is 0. The minimum atomic E-state index is -0.101. The standard InChI is InChI=1S/C74H56BN3O/c1-74(2,3)56-36-41-67(61(46-56)52-25-13-6-14-26-52)78-68-48-60(77(58-29-15-7-16-30-58)59-31-17-8-18-32-59)47-63(72(68)75-65-39-42-69-71(73(65)78)64-44-53-27-19-20-28-54(53)45-70(64)79-69)62-43-55(50-23-11-5-12-24-50)35-40-66(62)76-57-37-33-51(34-38-57)49-21-9-4-10-22-49/h4-48,75-76H,1-3H3. The van der Waals surface area contributed by atoms with E-state index >= 15 is 0 Å². The number of anilines is 8. The van der Waals surface area contributed by atoms with Gasteiger partial charge < -0.3 is 19.5 Å². The second-order valence-electron chi connectivity index (χ2n) is 21.8. The van der Waals surface area contributed by atoms with Crippen molar-refractivity contribution in [3.63, 3.8) is 0 Å². The van der Waals surface area contributed by atoms with E-state index in [0.29, 0.717) is 7.28 Å². The molecule has 13 aromatic rings. The first-order valence-corrected chi connectivity index (χ1v) is 27.4. The lowest BCUT2D eigenvalue weighted by molar-refractivity contribution is 0.590. The van der Waals surface area contributed by atoms with Gasteiger partial charge in [0.25, 0.3) is 0 Å². The summed E-state index contributed by atoms with van der Waals surface area (Å²) < 4.78 is 6.96. The third kappa shape index (κ3) is 8.80. The van der Waals surface area contributed by atoms with Crippen LogP contribution in [0.3, 0.4) is 0 Å². The molecule has 0 fully saturated rings. The van der Waals surface area contributed by atoms with E-state index in [1.165, 1.54) is 33.0 Å². The molecule has 2 heterocycles. The Balaban J connectivity index is 1.10. The van der Waals surface area contributed by atoms with Crippen LogP contribution in [0.1, 0.15) is 26.3 Å². The van der Waals surface area contributed by atoms with E-state index < -0.39 is 0 Å². The molecule has 376 valence electrons. The Kier molecular flexibility index (Phi) is 11.8. The highest BCUT2D eigenvalue weighted by Crippen LogP contribution is 2.51. The molecule has 0 saturated carbocycles. The van der Waals surface area contributed by atoms with E-state index in [-0.39, 0.29) is 5.41 Å². The molecule has 0 aliphatic carbocycles. The van der Waals surface area contributed by atoms with Gasteiger partial charge in [0.15, 0.2) is 7.28 Å². The Hall–Kier alpha value is -9.84. The first kappa shape index (κ1) is 47.6. The molecule has 0 spiro atoms. The maximum atomic E-state index is 6.96. The fourth-order valence-corrected chi connectivity index (χ4v) is 11.8. The van der Waals surface area contributed by atoms with Gasteiger partial charge in [0, 0.05) is 50.6 Å². The molecule has 0 unspecified atom stereocenters. The number of benzene rings is 12. The maximum Gasteiger partial charge on any atom is 0.198 e. The van der Waals surface area contributed by atoms with E-state index in [2.05, 4.69) is 309 Å². The second-order valence-corrected chi connectivity index (χ2v) is 21.8. The fourth-order valence-electron chi connectivity index (χ4n) is 11.8. The number of nitrogens with one attached hydrogen (secondary N) is 1. The zero-order valence-corrected chi connectivity index (χ0v) is 44.5. The highest BCUT2D eigenvalue weighted by atomic mass is 16.3. The molecule has 0 atom stereocenters. The molecule has 1 aliphatic heterocycles. The molecule has 14 rings (SSSR count). The normalized spacial score (nSPS) is 12.1. The summed E-state index contributed by atoms with van der Waals surface area (Å²) in [6.45, 7) is 6.92. The molecule has 12 aromatic carbocycles. The summed E-state index contributed by atoms with van der Waals surface area (Å²) in [5.41, 5.74) is 23.0. The van der Waals surface area contributed by atoms with Crippen molar-refractivity contribution in [3.05, 3.63) is 279 Å². The van der Waals surface area contributed by atoms with E-state index in [1.54, 1.807) is 0 Å². The topological polar surface area (TPSA) is 31.6 Å². The molecule has 0 bridgehead atoms. The SMILES string of the molecule is CC(C)(C)c1ccc(N2c3cc(N(c4ccccc4)c4ccccc4)cc(-c4cc(-c5ccccc5)ccc4Nc4ccc(-c5ccccc5)cc4)c3Bc3ccc4oc5cc6ccccc6cc5c4c32)c(-c2ccccc2)c1. The number of hydrogen-bond donors (Lipinski definition) is 1. The minimum Gasteiger partial charge on any atom is -0.456 e. The smallest absolute Gasteiger partial charge is 0.198 e. The number of furan rings is 1. The van der Waals surface area contributed by atoms with Crippen molar-refractivity contribution in [3.8, 4) is 44.5 Å². The summed E-state index contributed by atoms with van der Waals surface area (Å²) in [7, 11) is 0.672. The molecular weight excluding hydrogens is 958 g/mol. The fraction of sp³-hybridized carbons (Fsp3) is 0.0541. The molecule has 4 nitrogen and oxygen atoms in total. The summed E-state index contributed by atoms with van der Waals surface area (Å²) in [4.78, 5) is 5.00. The summed E-state index contributed by atoms with van der Waals surface area (Å²) in [5, 5.41) is 8.50. The van der Waals surface area contributed by atoms with Gasteiger partial charge in [-0.1, -0.05) is 208 Å². The highest BCUT2D eigenvalue weighted by Gasteiger charge is 2.34. The van der Waals surface area contributed by atoms with Gasteiger partial charge in [-0.3, -0.25) is 0 Å². The molecule has 1 N–H and O–H groups in total. The van der Waals surface area contributed by atoms with Crippen LogP contribution in [-0.4, -0.2) is 7.28 Å². The number of hydrogen-bond acceptors (Lipinski definition) is 4. The van der Waals surface area contributed by atoms with Crippen molar-refractivity contribution in [2.75, 3.05) is 15.1 Å². The largest absolute Gasteiger partial charge is 0.456 e. The van der Waals surface area contributed by atoms with Gasteiger partial charge >= 0.3 is 0 Å². The summed E-state index contributed by atoms with van der Waals surface area (Å²) in [6, 6.07) is 99.3. The molecule has 5 heteroatoms. The Bertz CT molecular complexity index is 4340. The Labute approximate surface area is 462 Å². The lowest BCUT2D eigenvalue weighted by Crippen LogP contribution is -2.41. The van der Waals surface area contributed by atoms with E-state index in [9.17, 15) is 0 Å². The van der Waals surface area contributed by atoms with Gasteiger partial charge in [0.2, 0.25) is 0 Å². The van der Waals surface area contributed by atoms with Gasteiger partial charge in [0.1, 0.15) is 11.2 Å². The van der Waals surface area contributed by atoms with Crippen molar-refractivity contribution in [2.45, 2.75) is 26.2 Å². The summed E-state index contributed by atoms with van der Waals surface area (Å²) in [6.07, 6.45) is 0. The minimum absolute atomic E-state index is 0.101. The number of nitrogens with zero attached hydrogens (tertiary/aromatic N) is 2. The lowest BCUT2D eigenvalue weighted by atomic mass is 9.57. The molecular formula is C74H56BN3O. The van der Waals surface area contributed by atoms with Crippen LogP contribution in [0.4, 0.5) is 45.5 Å². The van der Waals surface area contributed by atoms with Crippen LogP contribution in [0.25, 0.3) is 77.2 Å².